The summed E-state index contributed by atoms with van der Waals surface area (Å²) >= 11 is 0. The molecule has 1 heterocycles. The monoisotopic (exact) mass is 379 g/mol. The zero-order valence-electron chi connectivity index (χ0n) is 16.8. The summed E-state index contributed by atoms with van der Waals surface area (Å²) in [6.45, 7) is 2.27. The van der Waals surface area contributed by atoms with Gasteiger partial charge in [-0.2, -0.15) is 5.26 Å². The molecular formula is C24H30FN3. The lowest BCUT2D eigenvalue weighted by molar-refractivity contribution is 0.249. The van der Waals surface area contributed by atoms with Crippen molar-refractivity contribution >= 4 is 0 Å². The van der Waals surface area contributed by atoms with Crippen molar-refractivity contribution in [1.82, 2.24) is 9.97 Å². The lowest BCUT2D eigenvalue weighted by Crippen LogP contribution is -2.15. The van der Waals surface area contributed by atoms with Crippen molar-refractivity contribution in [2.75, 3.05) is 0 Å². The molecule has 1 aliphatic rings. The SMILES string of the molecule is CCCCC[C@H]1CC[C@H](CCc2cnc(-c3ccc(C#N)cc3F)nc2)CC1. The Kier molecular flexibility index (Phi) is 7.54. The molecule has 1 aliphatic carbocycles. The summed E-state index contributed by atoms with van der Waals surface area (Å²) in [6, 6.07) is 6.33. The molecule has 4 heteroatoms. The lowest BCUT2D eigenvalue weighted by atomic mass is 9.78. The number of halogens is 1. The number of nitrogens with zero attached hydrogens (tertiary/aromatic N) is 3. The predicted molar refractivity (Wildman–Crippen MR) is 110 cm³/mol. The molecule has 148 valence electrons. The molecule has 0 atom stereocenters. The van der Waals surface area contributed by atoms with Gasteiger partial charge in [0, 0.05) is 12.4 Å². The van der Waals surface area contributed by atoms with E-state index in [2.05, 4.69) is 16.9 Å². The third kappa shape index (κ3) is 5.61. The van der Waals surface area contributed by atoms with Crippen LogP contribution < -0.4 is 0 Å². The van der Waals surface area contributed by atoms with Gasteiger partial charge in [-0.25, -0.2) is 14.4 Å². The Hall–Kier alpha value is -2.28. The van der Waals surface area contributed by atoms with Crippen LogP contribution >= 0.6 is 0 Å². The third-order valence-corrected chi connectivity index (χ3v) is 6.07. The summed E-state index contributed by atoms with van der Waals surface area (Å²) in [4.78, 5) is 8.70. The van der Waals surface area contributed by atoms with E-state index in [0.29, 0.717) is 17.0 Å². The molecule has 3 nitrogen and oxygen atoms in total. The highest BCUT2D eigenvalue weighted by Crippen LogP contribution is 2.34. The van der Waals surface area contributed by atoms with Gasteiger partial charge < -0.3 is 0 Å². The fourth-order valence-corrected chi connectivity index (χ4v) is 4.25. The molecule has 0 amide bonds. The second-order valence-electron chi connectivity index (χ2n) is 8.14. The van der Waals surface area contributed by atoms with Crippen molar-refractivity contribution in [1.29, 1.82) is 5.26 Å². The molecule has 0 bridgehead atoms. The van der Waals surface area contributed by atoms with Crippen LogP contribution in [0.25, 0.3) is 11.4 Å². The number of unbranched alkanes of at least 4 members (excludes halogenated alkanes) is 2. The van der Waals surface area contributed by atoms with Gasteiger partial charge in [-0.1, -0.05) is 58.3 Å². The average molecular weight is 380 g/mol. The Morgan fingerprint density at radius 2 is 1.71 bits per heavy atom. The van der Waals surface area contributed by atoms with Crippen LogP contribution in [-0.2, 0) is 6.42 Å². The van der Waals surface area contributed by atoms with E-state index in [9.17, 15) is 4.39 Å². The van der Waals surface area contributed by atoms with Gasteiger partial charge in [-0.15, -0.1) is 0 Å². The largest absolute Gasteiger partial charge is 0.236 e. The summed E-state index contributed by atoms with van der Waals surface area (Å²) in [5.41, 5.74) is 1.76. The Morgan fingerprint density at radius 1 is 1.04 bits per heavy atom. The third-order valence-electron chi connectivity index (χ3n) is 6.07. The summed E-state index contributed by atoms with van der Waals surface area (Å²) in [7, 11) is 0. The number of nitriles is 1. The van der Waals surface area contributed by atoms with Crippen LogP contribution in [0.3, 0.4) is 0 Å². The standard InChI is InChI=1S/C24H30FN3/c1-2-3-4-5-18-6-8-19(9-7-18)10-11-21-16-27-24(28-17-21)22-13-12-20(15-26)14-23(22)25/h12-14,16-19H,2-11H2,1H3/t18-,19-. The van der Waals surface area contributed by atoms with Crippen LogP contribution in [0, 0.1) is 29.0 Å². The van der Waals surface area contributed by atoms with E-state index < -0.39 is 5.82 Å². The molecule has 0 N–H and O–H groups in total. The van der Waals surface area contributed by atoms with Crippen molar-refractivity contribution in [3.63, 3.8) is 0 Å². The minimum absolute atomic E-state index is 0.304. The minimum Gasteiger partial charge on any atom is -0.236 e. The van der Waals surface area contributed by atoms with Gasteiger partial charge in [-0.3, -0.25) is 0 Å². The van der Waals surface area contributed by atoms with Gasteiger partial charge >= 0.3 is 0 Å². The zero-order chi connectivity index (χ0) is 19.8. The Balaban J connectivity index is 1.47. The number of hydrogen-bond donors (Lipinski definition) is 0. The van der Waals surface area contributed by atoms with E-state index >= 15 is 0 Å². The number of aromatic nitrogens is 2. The first-order chi connectivity index (χ1) is 13.7. The Labute approximate surface area is 168 Å². The van der Waals surface area contributed by atoms with E-state index in [4.69, 9.17) is 5.26 Å². The summed E-state index contributed by atoms with van der Waals surface area (Å²) in [6.07, 6.45) is 16.8. The molecule has 2 aromatic rings. The van der Waals surface area contributed by atoms with Gasteiger partial charge in [-0.05, 0) is 48.4 Å². The number of aryl methyl sites for hydroxylation is 1. The van der Waals surface area contributed by atoms with E-state index in [1.165, 1.54) is 63.9 Å². The van der Waals surface area contributed by atoms with Gasteiger partial charge in [0.2, 0.25) is 0 Å². The molecule has 0 radical (unpaired) electrons. The first kappa shape index (κ1) is 20.5. The minimum atomic E-state index is -0.456. The predicted octanol–water partition coefficient (Wildman–Crippen LogP) is 6.47. The smallest absolute Gasteiger partial charge is 0.162 e. The van der Waals surface area contributed by atoms with Crippen LogP contribution in [0.5, 0.6) is 0 Å². The molecule has 1 aromatic heterocycles. The molecule has 0 unspecified atom stereocenters. The van der Waals surface area contributed by atoms with Crippen LogP contribution in [-0.4, -0.2) is 9.97 Å². The molecule has 0 spiro atoms. The molecule has 3 rings (SSSR count). The number of rotatable bonds is 8. The molecule has 28 heavy (non-hydrogen) atoms. The molecular weight excluding hydrogens is 349 g/mol. The fourth-order valence-electron chi connectivity index (χ4n) is 4.25. The quantitative estimate of drug-likeness (QED) is 0.494. The highest BCUT2D eigenvalue weighted by molar-refractivity contribution is 5.57. The first-order valence-electron chi connectivity index (χ1n) is 10.7. The Morgan fingerprint density at radius 3 is 2.32 bits per heavy atom. The van der Waals surface area contributed by atoms with Crippen molar-refractivity contribution in [3.05, 3.63) is 47.5 Å². The van der Waals surface area contributed by atoms with Crippen LogP contribution in [0.15, 0.2) is 30.6 Å². The second kappa shape index (κ2) is 10.3. The van der Waals surface area contributed by atoms with E-state index in [0.717, 1.165) is 23.8 Å². The topological polar surface area (TPSA) is 49.6 Å². The maximum Gasteiger partial charge on any atom is 0.162 e. The van der Waals surface area contributed by atoms with E-state index in [1.54, 1.807) is 12.1 Å². The highest BCUT2D eigenvalue weighted by Gasteiger charge is 2.20. The van der Waals surface area contributed by atoms with Crippen molar-refractivity contribution < 1.29 is 4.39 Å². The van der Waals surface area contributed by atoms with E-state index in [1.807, 2.05) is 18.5 Å². The number of hydrogen-bond acceptors (Lipinski definition) is 3. The zero-order valence-corrected chi connectivity index (χ0v) is 16.8. The summed E-state index contributed by atoms with van der Waals surface area (Å²) in [5.74, 6) is 1.69. The van der Waals surface area contributed by atoms with Crippen molar-refractivity contribution in [2.24, 2.45) is 11.8 Å². The number of benzene rings is 1. The van der Waals surface area contributed by atoms with Crippen LogP contribution in [0.1, 0.15) is 75.8 Å². The van der Waals surface area contributed by atoms with E-state index in [-0.39, 0.29) is 0 Å². The second-order valence-corrected chi connectivity index (χ2v) is 8.14. The van der Waals surface area contributed by atoms with Gasteiger partial charge in [0.15, 0.2) is 5.82 Å². The van der Waals surface area contributed by atoms with Crippen LogP contribution in [0.2, 0.25) is 0 Å². The summed E-state index contributed by atoms with van der Waals surface area (Å²) < 4.78 is 14.1. The van der Waals surface area contributed by atoms with Gasteiger partial charge in [0.25, 0.3) is 0 Å². The maximum absolute atomic E-state index is 14.1. The van der Waals surface area contributed by atoms with Crippen molar-refractivity contribution in [3.8, 4) is 17.5 Å². The van der Waals surface area contributed by atoms with Gasteiger partial charge in [0.05, 0.1) is 17.2 Å². The molecule has 0 saturated heterocycles. The molecule has 1 saturated carbocycles. The highest BCUT2D eigenvalue weighted by atomic mass is 19.1. The van der Waals surface area contributed by atoms with Gasteiger partial charge in [0.1, 0.15) is 5.82 Å². The lowest BCUT2D eigenvalue weighted by Gasteiger charge is -2.28. The summed E-state index contributed by atoms with van der Waals surface area (Å²) in [5, 5.41) is 8.84. The molecule has 1 aromatic carbocycles. The molecule has 0 aliphatic heterocycles. The average Bonchev–Trinajstić information content (AvgIpc) is 2.74. The maximum atomic E-state index is 14.1. The van der Waals surface area contributed by atoms with Crippen LogP contribution in [0.4, 0.5) is 4.39 Å². The normalized spacial score (nSPS) is 19.3. The Bertz CT molecular complexity index is 786. The first-order valence-corrected chi connectivity index (χ1v) is 10.7. The molecule has 1 fully saturated rings. The van der Waals surface area contributed by atoms with Crippen molar-refractivity contribution in [2.45, 2.75) is 71.1 Å². The fraction of sp³-hybridized carbons (Fsp3) is 0.542.